The number of carbonyl (C=O) groups is 1. The molecule has 3 nitrogen and oxygen atoms in total. The smallest absolute Gasteiger partial charge is 0.155 e. The molecule has 0 amide bonds. The maximum atomic E-state index is 11.6. The van der Waals surface area contributed by atoms with E-state index in [2.05, 4.69) is 17.9 Å². The van der Waals surface area contributed by atoms with Crippen LogP contribution in [0.3, 0.4) is 0 Å². The lowest BCUT2D eigenvalue weighted by Gasteiger charge is -2.23. The molecule has 0 bridgehead atoms. The molecule has 1 aliphatic rings. The molecule has 25 heavy (non-hydrogen) atoms. The lowest BCUT2D eigenvalue weighted by atomic mass is 9.99. The summed E-state index contributed by atoms with van der Waals surface area (Å²) in [7, 11) is 1.67. The van der Waals surface area contributed by atoms with Gasteiger partial charge in [0.2, 0.25) is 0 Å². The molecular weight excluding hydrogens is 354 g/mol. The van der Waals surface area contributed by atoms with Gasteiger partial charge < -0.3 is 9.64 Å². The summed E-state index contributed by atoms with van der Waals surface area (Å²) in [6.45, 7) is 6.44. The first-order valence-corrected chi connectivity index (χ1v) is 9.30. The summed E-state index contributed by atoms with van der Waals surface area (Å²) in [6.07, 6.45) is 1.68. The molecule has 0 fully saturated rings. The van der Waals surface area contributed by atoms with Crippen molar-refractivity contribution in [3.63, 3.8) is 0 Å². The number of hydrogen-bond donors (Lipinski definition) is 0. The number of ether oxygens (including phenoxy) is 1. The van der Waals surface area contributed by atoms with Crippen molar-refractivity contribution in [3.8, 4) is 16.9 Å². The van der Waals surface area contributed by atoms with Gasteiger partial charge in [0.15, 0.2) is 5.78 Å². The molecule has 0 aromatic heterocycles. The van der Waals surface area contributed by atoms with Gasteiger partial charge in [-0.05, 0) is 45.0 Å². The van der Waals surface area contributed by atoms with Crippen molar-refractivity contribution >= 4 is 34.8 Å². The van der Waals surface area contributed by atoms with Crippen molar-refractivity contribution in [1.29, 1.82) is 0 Å². The van der Waals surface area contributed by atoms with Gasteiger partial charge in [-0.3, -0.25) is 4.79 Å². The molecule has 3 rings (SSSR count). The number of hydrogen-bond acceptors (Lipinski definition) is 4. The molecule has 1 aliphatic heterocycles. The summed E-state index contributed by atoms with van der Waals surface area (Å²) in [5, 5.41) is 1.62. The highest BCUT2D eigenvalue weighted by molar-refractivity contribution is 8.03. The van der Waals surface area contributed by atoms with E-state index >= 15 is 0 Å². The third-order valence-corrected chi connectivity index (χ3v) is 5.53. The number of thioether (sulfide) groups is 1. The molecule has 1 heterocycles. The molecule has 0 atom stereocenters. The zero-order valence-corrected chi connectivity index (χ0v) is 16.3. The third kappa shape index (κ3) is 3.29. The number of ketones is 1. The number of anilines is 1. The Labute approximate surface area is 157 Å². The van der Waals surface area contributed by atoms with Crippen molar-refractivity contribution in [3.05, 3.63) is 52.0 Å². The van der Waals surface area contributed by atoms with Crippen LogP contribution in [-0.2, 0) is 4.79 Å². The number of fused-ring (bicyclic) bond motifs is 1. The Kier molecular flexibility index (Phi) is 5.11. The van der Waals surface area contributed by atoms with E-state index in [0.29, 0.717) is 5.02 Å². The fraction of sp³-hybridized carbons (Fsp3) is 0.250. The largest absolute Gasteiger partial charge is 0.496 e. The van der Waals surface area contributed by atoms with Crippen molar-refractivity contribution < 1.29 is 9.53 Å². The predicted molar refractivity (Wildman–Crippen MR) is 106 cm³/mol. The molecule has 0 spiro atoms. The monoisotopic (exact) mass is 373 g/mol. The lowest BCUT2D eigenvalue weighted by Crippen LogP contribution is -2.18. The van der Waals surface area contributed by atoms with E-state index < -0.39 is 0 Å². The van der Waals surface area contributed by atoms with Crippen LogP contribution >= 0.6 is 23.4 Å². The standard InChI is InChI=1S/C20H20ClNO2S/c1-5-22-18(11-13(3)23)25-17-9-8-16(24-4)19(20(17)22)14-10-12(2)6-7-15(14)21/h6-11H,5H2,1-4H3/b18-11-. The average molecular weight is 374 g/mol. The van der Waals surface area contributed by atoms with Crippen LogP contribution in [0.4, 0.5) is 5.69 Å². The van der Waals surface area contributed by atoms with Crippen LogP contribution in [0.15, 0.2) is 46.3 Å². The van der Waals surface area contributed by atoms with Gasteiger partial charge in [-0.1, -0.05) is 35.0 Å². The van der Waals surface area contributed by atoms with E-state index in [9.17, 15) is 4.79 Å². The van der Waals surface area contributed by atoms with E-state index in [1.165, 1.54) is 0 Å². The summed E-state index contributed by atoms with van der Waals surface area (Å²) in [5.74, 6) is 0.810. The van der Waals surface area contributed by atoms with Crippen LogP contribution < -0.4 is 9.64 Å². The van der Waals surface area contributed by atoms with Crippen molar-refractivity contribution in [2.75, 3.05) is 18.6 Å². The Morgan fingerprint density at radius 3 is 2.72 bits per heavy atom. The molecule has 0 saturated carbocycles. The number of methoxy groups -OCH3 is 1. The summed E-state index contributed by atoms with van der Waals surface area (Å²) in [5.41, 5.74) is 4.09. The highest BCUT2D eigenvalue weighted by Crippen LogP contribution is 2.54. The zero-order chi connectivity index (χ0) is 18.1. The van der Waals surface area contributed by atoms with Crippen LogP contribution in [0, 0.1) is 6.92 Å². The first-order valence-electron chi connectivity index (χ1n) is 8.11. The Hall–Kier alpha value is -1.91. The number of allylic oxidation sites excluding steroid dienone is 1. The number of halogens is 1. The second-order valence-corrected chi connectivity index (χ2v) is 7.38. The lowest BCUT2D eigenvalue weighted by molar-refractivity contribution is -0.112. The van der Waals surface area contributed by atoms with Crippen LogP contribution in [0.5, 0.6) is 5.75 Å². The number of benzene rings is 2. The normalized spacial score (nSPS) is 14.8. The van der Waals surface area contributed by atoms with Gasteiger partial charge in [0, 0.05) is 28.1 Å². The molecule has 0 radical (unpaired) electrons. The van der Waals surface area contributed by atoms with Gasteiger partial charge in [-0.15, -0.1) is 0 Å². The fourth-order valence-corrected chi connectivity index (χ4v) is 4.48. The number of carbonyl (C=O) groups excluding carboxylic acids is 1. The minimum absolute atomic E-state index is 0.0378. The molecule has 2 aromatic rings. The van der Waals surface area contributed by atoms with Gasteiger partial charge in [-0.25, -0.2) is 0 Å². The van der Waals surface area contributed by atoms with Crippen molar-refractivity contribution in [2.45, 2.75) is 25.7 Å². The molecule has 5 heteroatoms. The van der Waals surface area contributed by atoms with E-state index in [4.69, 9.17) is 16.3 Å². The summed E-state index contributed by atoms with van der Waals surface area (Å²) >= 11 is 8.13. The second kappa shape index (κ2) is 7.14. The Morgan fingerprint density at radius 1 is 1.32 bits per heavy atom. The van der Waals surface area contributed by atoms with Gasteiger partial charge in [-0.2, -0.15) is 0 Å². The highest BCUT2D eigenvalue weighted by atomic mass is 35.5. The van der Waals surface area contributed by atoms with Crippen LogP contribution in [0.25, 0.3) is 11.1 Å². The molecule has 130 valence electrons. The van der Waals surface area contributed by atoms with E-state index in [1.54, 1.807) is 31.9 Å². The quantitative estimate of drug-likeness (QED) is 0.644. The molecule has 0 aliphatic carbocycles. The topological polar surface area (TPSA) is 29.5 Å². The number of aryl methyl sites for hydroxylation is 1. The van der Waals surface area contributed by atoms with E-state index in [1.807, 2.05) is 31.2 Å². The van der Waals surface area contributed by atoms with E-state index in [-0.39, 0.29) is 5.78 Å². The van der Waals surface area contributed by atoms with Crippen LogP contribution in [0.2, 0.25) is 5.02 Å². The Morgan fingerprint density at radius 2 is 2.08 bits per heavy atom. The molecule has 0 saturated heterocycles. The first-order chi connectivity index (χ1) is 12.0. The summed E-state index contributed by atoms with van der Waals surface area (Å²) in [6, 6.07) is 9.98. The number of rotatable bonds is 4. The fourth-order valence-electron chi connectivity index (χ4n) is 3.04. The minimum Gasteiger partial charge on any atom is -0.496 e. The Bertz CT molecular complexity index is 876. The van der Waals surface area contributed by atoms with Crippen LogP contribution in [-0.4, -0.2) is 19.4 Å². The third-order valence-electron chi connectivity index (χ3n) is 4.11. The van der Waals surface area contributed by atoms with Gasteiger partial charge in [0.1, 0.15) is 5.75 Å². The van der Waals surface area contributed by atoms with Gasteiger partial charge in [0.05, 0.1) is 23.4 Å². The summed E-state index contributed by atoms with van der Waals surface area (Å²) < 4.78 is 5.65. The number of nitrogens with zero attached hydrogens (tertiary/aromatic N) is 1. The maximum Gasteiger partial charge on any atom is 0.155 e. The second-order valence-electron chi connectivity index (χ2n) is 5.91. The Balaban J connectivity index is 2.30. The molecular formula is C20H20ClNO2S. The molecule has 2 aromatic carbocycles. The summed E-state index contributed by atoms with van der Waals surface area (Å²) in [4.78, 5) is 14.9. The van der Waals surface area contributed by atoms with Crippen LogP contribution in [0.1, 0.15) is 19.4 Å². The molecule has 0 N–H and O–H groups in total. The highest BCUT2D eigenvalue weighted by Gasteiger charge is 2.30. The van der Waals surface area contributed by atoms with Crippen molar-refractivity contribution in [2.24, 2.45) is 0 Å². The maximum absolute atomic E-state index is 11.6. The zero-order valence-electron chi connectivity index (χ0n) is 14.7. The van der Waals surface area contributed by atoms with Gasteiger partial charge >= 0.3 is 0 Å². The first kappa shape index (κ1) is 17.9. The average Bonchev–Trinajstić information content (AvgIpc) is 2.92. The molecule has 0 unspecified atom stereocenters. The minimum atomic E-state index is 0.0378. The predicted octanol–water partition coefficient (Wildman–Crippen LogP) is 5.69. The van der Waals surface area contributed by atoms with E-state index in [0.717, 1.165) is 44.6 Å². The SMILES string of the molecule is CCN1/C(=C/C(C)=O)Sc2ccc(OC)c(-c3cc(C)ccc3Cl)c21. The van der Waals surface area contributed by atoms with Gasteiger partial charge in [0.25, 0.3) is 0 Å². The van der Waals surface area contributed by atoms with Crippen molar-refractivity contribution in [1.82, 2.24) is 0 Å².